The lowest BCUT2D eigenvalue weighted by Crippen LogP contribution is -2.40. The van der Waals surface area contributed by atoms with Gasteiger partial charge in [0.05, 0.1) is 29.1 Å². The van der Waals surface area contributed by atoms with E-state index in [4.69, 9.17) is 4.74 Å². The second-order valence-electron chi connectivity index (χ2n) is 8.52. The molecule has 2 aromatic heterocycles. The Hall–Kier alpha value is -3.20. The van der Waals surface area contributed by atoms with Crippen LogP contribution in [0.15, 0.2) is 53.6 Å². The number of hydrogen-bond acceptors (Lipinski definition) is 6. The van der Waals surface area contributed by atoms with Crippen LogP contribution in [0.2, 0.25) is 0 Å². The molecule has 3 aromatic rings. The molecule has 3 heterocycles. The maximum atomic E-state index is 12.7. The van der Waals surface area contributed by atoms with Crippen molar-refractivity contribution in [3.63, 3.8) is 0 Å². The van der Waals surface area contributed by atoms with Crippen LogP contribution in [0.4, 0.5) is 0 Å². The van der Waals surface area contributed by atoms with Crippen LogP contribution in [-0.4, -0.2) is 59.9 Å². The van der Waals surface area contributed by atoms with Crippen LogP contribution >= 0.6 is 0 Å². The number of aryl methyl sites for hydroxylation is 2. The van der Waals surface area contributed by atoms with Crippen LogP contribution in [0.5, 0.6) is 5.75 Å². The van der Waals surface area contributed by atoms with Crippen molar-refractivity contribution in [1.82, 2.24) is 19.7 Å². The average Bonchev–Trinajstić information content (AvgIpc) is 3.15. The Morgan fingerprint density at radius 2 is 1.82 bits per heavy atom. The van der Waals surface area contributed by atoms with Gasteiger partial charge in [-0.3, -0.25) is 14.5 Å². The number of carbonyl (C=O) groups excluding carboxylic acids is 1. The molecule has 0 aliphatic carbocycles. The van der Waals surface area contributed by atoms with E-state index in [1.54, 1.807) is 42.2 Å². The van der Waals surface area contributed by atoms with Crippen LogP contribution in [-0.2, 0) is 16.9 Å². The van der Waals surface area contributed by atoms with E-state index in [1.165, 1.54) is 6.26 Å². The molecule has 0 saturated carbocycles. The van der Waals surface area contributed by atoms with Gasteiger partial charge in [0, 0.05) is 32.0 Å². The molecule has 4 rings (SSSR count). The van der Waals surface area contributed by atoms with Crippen molar-refractivity contribution in [2.75, 3.05) is 26.0 Å². The summed E-state index contributed by atoms with van der Waals surface area (Å²) in [5.41, 5.74) is 3.06. The van der Waals surface area contributed by atoms with E-state index in [1.807, 2.05) is 30.0 Å². The predicted molar refractivity (Wildman–Crippen MR) is 125 cm³/mol. The standard InChI is InChI=1S/C24H28N4O4S/c1-17-14-23(27(2)26-17)24(29)28-12-10-18(11-13-28)16-32-20-6-9-22(25-15-20)19-4-7-21(8-5-19)33(3,30)31/h4-9,14-15,18H,10-13,16H2,1-3H3. The number of piperidine rings is 1. The Kier molecular flexibility index (Phi) is 6.51. The maximum Gasteiger partial charge on any atom is 0.272 e. The van der Waals surface area contributed by atoms with Crippen molar-refractivity contribution in [3.05, 3.63) is 60.0 Å². The normalized spacial score (nSPS) is 14.9. The largest absolute Gasteiger partial charge is 0.492 e. The third kappa shape index (κ3) is 5.42. The zero-order chi connectivity index (χ0) is 23.6. The number of benzene rings is 1. The summed E-state index contributed by atoms with van der Waals surface area (Å²) >= 11 is 0. The summed E-state index contributed by atoms with van der Waals surface area (Å²) in [6, 6.07) is 12.2. The van der Waals surface area contributed by atoms with Crippen LogP contribution in [0.1, 0.15) is 29.0 Å². The van der Waals surface area contributed by atoms with E-state index in [2.05, 4.69) is 10.1 Å². The van der Waals surface area contributed by atoms with Crippen molar-refractivity contribution < 1.29 is 17.9 Å². The lowest BCUT2D eigenvalue weighted by molar-refractivity contribution is 0.0650. The molecule has 1 aliphatic rings. The maximum absolute atomic E-state index is 12.7. The van der Waals surface area contributed by atoms with Gasteiger partial charge in [-0.15, -0.1) is 0 Å². The van der Waals surface area contributed by atoms with Gasteiger partial charge in [0.25, 0.3) is 5.91 Å². The molecule has 0 unspecified atom stereocenters. The highest BCUT2D eigenvalue weighted by Gasteiger charge is 2.26. The number of hydrogen-bond donors (Lipinski definition) is 0. The van der Waals surface area contributed by atoms with E-state index in [0.29, 0.717) is 37.1 Å². The number of rotatable bonds is 6. The minimum absolute atomic E-state index is 0.0295. The summed E-state index contributed by atoms with van der Waals surface area (Å²) < 4.78 is 30.8. The summed E-state index contributed by atoms with van der Waals surface area (Å²) in [6.07, 6.45) is 4.65. The van der Waals surface area contributed by atoms with Gasteiger partial charge in [-0.2, -0.15) is 5.10 Å². The van der Waals surface area contributed by atoms with Gasteiger partial charge in [0.1, 0.15) is 11.4 Å². The summed E-state index contributed by atoms with van der Waals surface area (Å²) in [5.74, 6) is 1.10. The molecule has 1 saturated heterocycles. The van der Waals surface area contributed by atoms with Crippen LogP contribution in [0, 0.1) is 12.8 Å². The van der Waals surface area contributed by atoms with Gasteiger partial charge in [-0.05, 0) is 56.0 Å². The van der Waals surface area contributed by atoms with Crippen molar-refractivity contribution in [1.29, 1.82) is 0 Å². The Morgan fingerprint density at radius 3 is 2.36 bits per heavy atom. The minimum atomic E-state index is -3.22. The summed E-state index contributed by atoms with van der Waals surface area (Å²) in [6.45, 7) is 3.88. The molecule has 0 N–H and O–H groups in total. The van der Waals surface area contributed by atoms with Gasteiger partial charge in [-0.1, -0.05) is 12.1 Å². The number of nitrogens with zero attached hydrogens (tertiary/aromatic N) is 4. The second kappa shape index (κ2) is 9.35. The Morgan fingerprint density at radius 1 is 1.12 bits per heavy atom. The van der Waals surface area contributed by atoms with Gasteiger partial charge in [-0.25, -0.2) is 8.42 Å². The summed E-state index contributed by atoms with van der Waals surface area (Å²) in [7, 11) is -1.42. The molecule has 1 aliphatic heterocycles. The first kappa shape index (κ1) is 23.0. The van der Waals surface area contributed by atoms with E-state index < -0.39 is 9.84 Å². The lowest BCUT2D eigenvalue weighted by atomic mass is 9.97. The number of ether oxygens (including phenoxy) is 1. The molecule has 174 valence electrons. The molecule has 1 fully saturated rings. The van der Waals surface area contributed by atoms with Gasteiger partial charge in [0.15, 0.2) is 9.84 Å². The van der Waals surface area contributed by atoms with E-state index in [0.717, 1.165) is 29.8 Å². The average molecular weight is 469 g/mol. The lowest BCUT2D eigenvalue weighted by Gasteiger charge is -2.31. The number of pyridine rings is 1. The minimum Gasteiger partial charge on any atom is -0.492 e. The molecular weight excluding hydrogens is 440 g/mol. The van der Waals surface area contributed by atoms with Gasteiger partial charge < -0.3 is 9.64 Å². The third-order valence-electron chi connectivity index (χ3n) is 5.92. The third-order valence-corrected chi connectivity index (χ3v) is 7.05. The topological polar surface area (TPSA) is 94.4 Å². The molecule has 1 amide bonds. The Labute approximate surface area is 194 Å². The SMILES string of the molecule is Cc1cc(C(=O)N2CCC(COc3ccc(-c4ccc(S(C)(=O)=O)cc4)nc3)CC2)n(C)n1. The molecular formula is C24H28N4O4S. The summed E-state index contributed by atoms with van der Waals surface area (Å²) in [4.78, 5) is 19.4. The number of likely N-dealkylation sites (tertiary alicyclic amines) is 1. The van der Waals surface area contributed by atoms with Gasteiger partial charge >= 0.3 is 0 Å². The van der Waals surface area contributed by atoms with E-state index >= 15 is 0 Å². The fraction of sp³-hybridized carbons (Fsp3) is 0.375. The number of carbonyl (C=O) groups is 1. The van der Waals surface area contributed by atoms with Crippen molar-refractivity contribution >= 4 is 15.7 Å². The zero-order valence-electron chi connectivity index (χ0n) is 19.1. The highest BCUT2D eigenvalue weighted by atomic mass is 32.2. The fourth-order valence-corrected chi connectivity index (χ4v) is 4.63. The number of aromatic nitrogens is 3. The summed E-state index contributed by atoms with van der Waals surface area (Å²) in [5, 5.41) is 4.26. The van der Waals surface area contributed by atoms with Crippen LogP contribution in [0.25, 0.3) is 11.3 Å². The second-order valence-corrected chi connectivity index (χ2v) is 10.5. The fourth-order valence-electron chi connectivity index (χ4n) is 4.00. The molecule has 33 heavy (non-hydrogen) atoms. The molecule has 0 radical (unpaired) electrons. The van der Waals surface area contributed by atoms with E-state index in [-0.39, 0.29) is 10.8 Å². The first-order valence-electron chi connectivity index (χ1n) is 10.9. The zero-order valence-corrected chi connectivity index (χ0v) is 19.9. The quantitative estimate of drug-likeness (QED) is 0.552. The Balaban J connectivity index is 1.28. The van der Waals surface area contributed by atoms with Crippen molar-refractivity contribution in [3.8, 4) is 17.0 Å². The highest BCUT2D eigenvalue weighted by Crippen LogP contribution is 2.24. The first-order chi connectivity index (χ1) is 15.7. The monoisotopic (exact) mass is 468 g/mol. The number of sulfone groups is 1. The first-order valence-corrected chi connectivity index (χ1v) is 12.8. The number of amides is 1. The molecule has 0 spiro atoms. The molecule has 0 bridgehead atoms. The van der Waals surface area contributed by atoms with E-state index in [9.17, 15) is 13.2 Å². The van der Waals surface area contributed by atoms with Crippen molar-refractivity contribution in [2.24, 2.45) is 13.0 Å². The molecule has 9 heteroatoms. The molecule has 1 aromatic carbocycles. The Bertz CT molecular complexity index is 1230. The molecule has 0 atom stereocenters. The molecule has 8 nitrogen and oxygen atoms in total. The van der Waals surface area contributed by atoms with Crippen molar-refractivity contribution in [2.45, 2.75) is 24.7 Å². The van der Waals surface area contributed by atoms with Crippen LogP contribution in [0.3, 0.4) is 0 Å². The highest BCUT2D eigenvalue weighted by molar-refractivity contribution is 7.90. The van der Waals surface area contributed by atoms with Gasteiger partial charge in [0.2, 0.25) is 0 Å². The smallest absolute Gasteiger partial charge is 0.272 e. The van der Waals surface area contributed by atoms with Crippen LogP contribution < -0.4 is 4.74 Å². The predicted octanol–water partition coefficient (Wildman–Crippen LogP) is 3.13.